The van der Waals surface area contributed by atoms with Gasteiger partial charge in [0.1, 0.15) is 0 Å². The average Bonchev–Trinajstić information content (AvgIpc) is 2.64. The number of carbonyl (C=O) groups excluding carboxylic acids is 1. The van der Waals surface area contributed by atoms with Crippen LogP contribution in [0, 0.1) is 11.8 Å². The topological polar surface area (TPSA) is 70.3 Å². The lowest BCUT2D eigenvalue weighted by atomic mass is 9.84. The molecule has 0 amide bonds. The second-order valence-corrected chi connectivity index (χ2v) is 5.60. The molecule has 1 aliphatic rings. The Balaban J connectivity index is 2.50. The molecule has 1 aliphatic heterocycles. The smallest absolute Gasteiger partial charge is 0.330 e. The van der Waals surface area contributed by atoms with Crippen molar-refractivity contribution in [2.75, 3.05) is 0 Å². The van der Waals surface area contributed by atoms with Gasteiger partial charge in [0.25, 0.3) is 5.56 Å². The Morgan fingerprint density at radius 1 is 1.15 bits per heavy atom. The number of aryl methyl sites for hydroxylation is 1. The van der Waals surface area contributed by atoms with Crippen LogP contribution in [0.15, 0.2) is 15.8 Å². The molecule has 6 heteroatoms. The zero-order valence-electron chi connectivity index (χ0n) is 12.4. The standard InChI is InChI=1S/C14H20N2O4/c1-7-8(2)20-9(3)11(7)12(17)10-6-15(4)14(19)16(5)13(10)18/h6-9,11H,1-5H3. The zero-order chi connectivity index (χ0) is 15.2. The molecular weight excluding hydrogens is 260 g/mol. The lowest BCUT2D eigenvalue weighted by Gasteiger charge is -2.17. The average molecular weight is 280 g/mol. The molecule has 0 aromatic carbocycles. The van der Waals surface area contributed by atoms with Crippen molar-refractivity contribution in [2.45, 2.75) is 33.0 Å². The first-order valence-electron chi connectivity index (χ1n) is 6.72. The molecular formula is C14H20N2O4. The van der Waals surface area contributed by atoms with E-state index in [-0.39, 0.29) is 35.4 Å². The second-order valence-electron chi connectivity index (χ2n) is 5.60. The molecule has 0 saturated carbocycles. The molecule has 0 bridgehead atoms. The SMILES string of the molecule is CC1OC(C)C(C(=O)c2cn(C)c(=O)n(C)c2=O)C1C. The molecule has 0 radical (unpaired) electrons. The summed E-state index contributed by atoms with van der Waals surface area (Å²) in [5.74, 6) is -0.555. The monoisotopic (exact) mass is 280 g/mol. The summed E-state index contributed by atoms with van der Waals surface area (Å²) in [4.78, 5) is 36.4. The molecule has 0 N–H and O–H groups in total. The van der Waals surface area contributed by atoms with Crippen LogP contribution in [0.2, 0.25) is 0 Å². The van der Waals surface area contributed by atoms with Crippen LogP contribution < -0.4 is 11.2 Å². The van der Waals surface area contributed by atoms with Crippen LogP contribution >= 0.6 is 0 Å². The first kappa shape index (κ1) is 14.7. The maximum atomic E-state index is 12.6. The number of ether oxygens (including phenoxy) is 1. The summed E-state index contributed by atoms with van der Waals surface area (Å²) in [7, 11) is 2.90. The van der Waals surface area contributed by atoms with Crippen molar-refractivity contribution in [1.29, 1.82) is 0 Å². The molecule has 4 unspecified atom stereocenters. The predicted octanol–water partition coefficient (Wildman–Crippen LogP) is 0.326. The molecule has 0 aliphatic carbocycles. The van der Waals surface area contributed by atoms with Crippen LogP contribution in [0.3, 0.4) is 0 Å². The normalized spacial score (nSPS) is 29.6. The number of nitrogens with zero attached hydrogens (tertiary/aromatic N) is 2. The highest BCUT2D eigenvalue weighted by Crippen LogP contribution is 2.33. The summed E-state index contributed by atoms with van der Waals surface area (Å²) < 4.78 is 7.87. The summed E-state index contributed by atoms with van der Waals surface area (Å²) in [5.41, 5.74) is -0.934. The van der Waals surface area contributed by atoms with Gasteiger partial charge in [-0.2, -0.15) is 0 Å². The van der Waals surface area contributed by atoms with Crippen LogP contribution in [-0.2, 0) is 18.8 Å². The first-order valence-corrected chi connectivity index (χ1v) is 6.72. The van der Waals surface area contributed by atoms with Gasteiger partial charge in [0.15, 0.2) is 5.78 Å². The predicted molar refractivity (Wildman–Crippen MR) is 73.9 cm³/mol. The Labute approximate surface area is 117 Å². The van der Waals surface area contributed by atoms with E-state index in [1.165, 1.54) is 24.9 Å². The van der Waals surface area contributed by atoms with Gasteiger partial charge in [0.2, 0.25) is 0 Å². The van der Waals surface area contributed by atoms with Crippen LogP contribution in [-0.4, -0.2) is 27.1 Å². The minimum atomic E-state index is -0.544. The second kappa shape index (κ2) is 5.01. The van der Waals surface area contributed by atoms with E-state index in [1.807, 2.05) is 20.8 Å². The summed E-state index contributed by atoms with van der Waals surface area (Å²) in [6.45, 7) is 5.71. The van der Waals surface area contributed by atoms with Crippen LogP contribution in [0.1, 0.15) is 31.1 Å². The number of carbonyl (C=O) groups is 1. The van der Waals surface area contributed by atoms with Gasteiger partial charge < -0.3 is 9.30 Å². The summed E-state index contributed by atoms with van der Waals surface area (Å²) in [6.07, 6.45) is 1.08. The van der Waals surface area contributed by atoms with E-state index in [0.29, 0.717) is 0 Å². The molecule has 6 nitrogen and oxygen atoms in total. The van der Waals surface area contributed by atoms with Crippen LogP contribution in [0.25, 0.3) is 0 Å². The molecule has 2 rings (SSSR count). The molecule has 1 aromatic rings. The molecule has 4 atom stereocenters. The molecule has 1 saturated heterocycles. The molecule has 20 heavy (non-hydrogen) atoms. The zero-order valence-corrected chi connectivity index (χ0v) is 12.4. The van der Waals surface area contributed by atoms with Crippen LogP contribution in [0.5, 0.6) is 0 Å². The molecule has 110 valence electrons. The van der Waals surface area contributed by atoms with E-state index in [0.717, 1.165) is 4.57 Å². The Hall–Kier alpha value is -1.69. The fraction of sp³-hybridized carbons (Fsp3) is 0.643. The third-order valence-corrected chi connectivity index (χ3v) is 4.26. The molecule has 1 aromatic heterocycles. The third kappa shape index (κ3) is 2.14. The van der Waals surface area contributed by atoms with E-state index in [4.69, 9.17) is 4.74 Å². The quantitative estimate of drug-likeness (QED) is 0.732. The van der Waals surface area contributed by atoms with Gasteiger partial charge >= 0.3 is 5.69 Å². The van der Waals surface area contributed by atoms with E-state index in [1.54, 1.807) is 0 Å². The number of ketones is 1. The number of aromatic nitrogens is 2. The van der Waals surface area contributed by atoms with E-state index < -0.39 is 11.2 Å². The van der Waals surface area contributed by atoms with Crippen molar-refractivity contribution in [2.24, 2.45) is 25.9 Å². The Kier molecular flexibility index (Phi) is 3.69. The lowest BCUT2D eigenvalue weighted by molar-refractivity contribution is 0.0490. The Morgan fingerprint density at radius 3 is 2.25 bits per heavy atom. The van der Waals surface area contributed by atoms with Crippen LogP contribution in [0.4, 0.5) is 0 Å². The number of hydrogen-bond acceptors (Lipinski definition) is 4. The van der Waals surface area contributed by atoms with E-state index in [2.05, 4.69) is 0 Å². The van der Waals surface area contributed by atoms with E-state index in [9.17, 15) is 14.4 Å². The fourth-order valence-corrected chi connectivity index (χ4v) is 2.88. The maximum Gasteiger partial charge on any atom is 0.330 e. The van der Waals surface area contributed by atoms with Gasteiger partial charge in [-0.15, -0.1) is 0 Å². The summed E-state index contributed by atoms with van der Waals surface area (Å²) in [5, 5.41) is 0. The van der Waals surface area contributed by atoms with Gasteiger partial charge in [-0.05, 0) is 19.8 Å². The number of rotatable bonds is 2. The van der Waals surface area contributed by atoms with Crippen molar-refractivity contribution < 1.29 is 9.53 Å². The minimum Gasteiger partial charge on any atom is -0.374 e. The molecule has 2 heterocycles. The highest BCUT2D eigenvalue weighted by atomic mass is 16.5. The Morgan fingerprint density at radius 2 is 1.75 bits per heavy atom. The highest BCUT2D eigenvalue weighted by molar-refractivity contribution is 5.98. The number of hydrogen-bond donors (Lipinski definition) is 0. The largest absolute Gasteiger partial charge is 0.374 e. The summed E-state index contributed by atoms with van der Waals surface area (Å²) >= 11 is 0. The van der Waals surface area contributed by atoms with Gasteiger partial charge in [-0.1, -0.05) is 6.92 Å². The minimum absolute atomic E-state index is 0.0182. The van der Waals surface area contributed by atoms with Gasteiger partial charge in [0, 0.05) is 20.3 Å². The van der Waals surface area contributed by atoms with Gasteiger partial charge in [0.05, 0.1) is 23.7 Å². The van der Waals surface area contributed by atoms with Crippen molar-refractivity contribution in [3.63, 3.8) is 0 Å². The van der Waals surface area contributed by atoms with Crippen molar-refractivity contribution in [3.8, 4) is 0 Å². The van der Waals surface area contributed by atoms with Crippen molar-refractivity contribution >= 4 is 5.78 Å². The Bertz CT molecular complexity index is 658. The van der Waals surface area contributed by atoms with E-state index >= 15 is 0 Å². The van der Waals surface area contributed by atoms with Gasteiger partial charge in [-0.25, -0.2) is 4.79 Å². The maximum absolute atomic E-state index is 12.6. The highest BCUT2D eigenvalue weighted by Gasteiger charge is 2.42. The lowest BCUT2D eigenvalue weighted by Crippen LogP contribution is -2.41. The molecule has 1 fully saturated rings. The summed E-state index contributed by atoms with van der Waals surface area (Å²) in [6, 6.07) is 0. The van der Waals surface area contributed by atoms with Gasteiger partial charge in [-0.3, -0.25) is 14.2 Å². The first-order chi connectivity index (χ1) is 9.25. The van der Waals surface area contributed by atoms with Crippen molar-refractivity contribution in [3.05, 3.63) is 32.6 Å². The molecule has 0 spiro atoms. The number of Topliss-reactive ketones (excluding diaryl/α,β-unsaturated/α-hetero) is 1. The third-order valence-electron chi connectivity index (χ3n) is 4.26. The van der Waals surface area contributed by atoms with Crippen molar-refractivity contribution in [1.82, 2.24) is 9.13 Å². The fourth-order valence-electron chi connectivity index (χ4n) is 2.88.